The van der Waals surface area contributed by atoms with Gasteiger partial charge in [0.1, 0.15) is 0 Å². The van der Waals surface area contributed by atoms with E-state index < -0.39 is 0 Å². The van der Waals surface area contributed by atoms with Crippen molar-refractivity contribution in [3.8, 4) is 0 Å². The van der Waals surface area contributed by atoms with Crippen molar-refractivity contribution in [2.24, 2.45) is 22.5 Å². The van der Waals surface area contributed by atoms with Crippen molar-refractivity contribution in [3.63, 3.8) is 0 Å². The van der Waals surface area contributed by atoms with Crippen LogP contribution in [0.15, 0.2) is 0 Å². The molecule has 0 aromatic heterocycles. The second-order valence-corrected chi connectivity index (χ2v) is 7.48. The number of rotatable bonds is 7. The van der Waals surface area contributed by atoms with Crippen LogP contribution in [0.25, 0.3) is 0 Å². The Morgan fingerprint density at radius 1 is 1.29 bits per heavy atom. The summed E-state index contributed by atoms with van der Waals surface area (Å²) in [6.07, 6.45) is 5.10. The van der Waals surface area contributed by atoms with Crippen molar-refractivity contribution in [1.29, 1.82) is 0 Å². The Hall–Kier alpha value is -0.0800. The highest BCUT2D eigenvalue weighted by atomic mass is 15.0. The summed E-state index contributed by atoms with van der Waals surface area (Å²) in [5.41, 5.74) is 6.67. The zero-order valence-electron chi connectivity index (χ0n) is 12.5. The number of hydrogen-bond donors (Lipinski definition) is 2. The highest BCUT2D eigenvalue weighted by Gasteiger charge is 2.44. The Balaban J connectivity index is 2.15. The van der Waals surface area contributed by atoms with Gasteiger partial charge in [-0.05, 0) is 55.5 Å². The molecule has 0 bridgehead atoms. The molecule has 0 spiro atoms. The SMILES string of the molecule is CC(C)(C)C(CCN)CCCNC1CC1(C)C. The minimum Gasteiger partial charge on any atom is -0.330 e. The van der Waals surface area contributed by atoms with Crippen LogP contribution in [0.4, 0.5) is 0 Å². The van der Waals surface area contributed by atoms with Crippen LogP contribution < -0.4 is 11.1 Å². The van der Waals surface area contributed by atoms with Crippen LogP contribution in [0.2, 0.25) is 0 Å². The molecular formula is C15H32N2. The van der Waals surface area contributed by atoms with E-state index in [1.807, 2.05) is 0 Å². The van der Waals surface area contributed by atoms with Gasteiger partial charge in [-0.1, -0.05) is 34.6 Å². The summed E-state index contributed by atoms with van der Waals surface area (Å²) in [5, 5.41) is 3.66. The highest BCUT2D eigenvalue weighted by molar-refractivity contribution is 5.01. The first-order valence-electron chi connectivity index (χ1n) is 7.21. The molecule has 0 saturated heterocycles. The van der Waals surface area contributed by atoms with Gasteiger partial charge in [0.2, 0.25) is 0 Å². The lowest BCUT2D eigenvalue weighted by molar-refractivity contribution is 0.210. The van der Waals surface area contributed by atoms with Crippen LogP contribution >= 0.6 is 0 Å². The predicted octanol–water partition coefficient (Wildman–Crippen LogP) is 3.17. The van der Waals surface area contributed by atoms with Crippen LogP contribution in [0.5, 0.6) is 0 Å². The first kappa shape index (κ1) is 15.0. The third-order valence-electron chi connectivity index (χ3n) is 4.37. The summed E-state index contributed by atoms with van der Waals surface area (Å²) in [6.45, 7) is 13.7. The first-order valence-corrected chi connectivity index (χ1v) is 7.21. The smallest absolute Gasteiger partial charge is 0.0124 e. The monoisotopic (exact) mass is 240 g/mol. The second kappa shape index (κ2) is 5.71. The fourth-order valence-corrected chi connectivity index (χ4v) is 2.65. The summed E-state index contributed by atoms with van der Waals surface area (Å²) in [4.78, 5) is 0. The minimum atomic E-state index is 0.401. The topological polar surface area (TPSA) is 38.0 Å². The van der Waals surface area contributed by atoms with Crippen molar-refractivity contribution >= 4 is 0 Å². The van der Waals surface area contributed by atoms with Crippen molar-refractivity contribution in [3.05, 3.63) is 0 Å². The Kier molecular flexibility index (Phi) is 5.03. The van der Waals surface area contributed by atoms with E-state index in [2.05, 4.69) is 39.9 Å². The van der Waals surface area contributed by atoms with Crippen molar-refractivity contribution in [1.82, 2.24) is 5.32 Å². The molecule has 2 atom stereocenters. The molecule has 1 aliphatic rings. The molecule has 0 aromatic rings. The van der Waals surface area contributed by atoms with E-state index in [0.29, 0.717) is 10.8 Å². The lowest BCUT2D eigenvalue weighted by Crippen LogP contribution is -2.26. The summed E-state index contributed by atoms with van der Waals surface area (Å²) in [7, 11) is 0. The van der Waals surface area contributed by atoms with Gasteiger partial charge in [0, 0.05) is 6.04 Å². The van der Waals surface area contributed by atoms with Gasteiger partial charge >= 0.3 is 0 Å². The van der Waals surface area contributed by atoms with E-state index in [4.69, 9.17) is 5.73 Å². The largest absolute Gasteiger partial charge is 0.330 e. The molecular weight excluding hydrogens is 208 g/mol. The van der Waals surface area contributed by atoms with Crippen molar-refractivity contribution in [2.45, 2.75) is 66.3 Å². The lowest BCUT2D eigenvalue weighted by Gasteiger charge is -2.30. The van der Waals surface area contributed by atoms with E-state index in [1.54, 1.807) is 0 Å². The van der Waals surface area contributed by atoms with Crippen LogP contribution in [0, 0.1) is 16.7 Å². The molecule has 0 heterocycles. The van der Waals surface area contributed by atoms with E-state index in [1.165, 1.54) is 32.2 Å². The van der Waals surface area contributed by atoms with Gasteiger partial charge in [-0.15, -0.1) is 0 Å². The van der Waals surface area contributed by atoms with Gasteiger partial charge in [-0.3, -0.25) is 0 Å². The number of nitrogens with one attached hydrogen (secondary N) is 1. The molecule has 0 radical (unpaired) electrons. The van der Waals surface area contributed by atoms with E-state index in [0.717, 1.165) is 18.5 Å². The predicted molar refractivity (Wildman–Crippen MR) is 76.0 cm³/mol. The fraction of sp³-hybridized carbons (Fsp3) is 1.00. The van der Waals surface area contributed by atoms with E-state index in [9.17, 15) is 0 Å². The normalized spacial score (nSPS) is 24.7. The van der Waals surface area contributed by atoms with E-state index >= 15 is 0 Å². The van der Waals surface area contributed by atoms with Crippen molar-refractivity contribution < 1.29 is 0 Å². The fourth-order valence-electron chi connectivity index (χ4n) is 2.65. The number of hydrogen-bond acceptors (Lipinski definition) is 2. The lowest BCUT2D eigenvalue weighted by atomic mass is 9.76. The van der Waals surface area contributed by atoms with Gasteiger partial charge < -0.3 is 11.1 Å². The molecule has 2 heteroatoms. The molecule has 2 nitrogen and oxygen atoms in total. The maximum absolute atomic E-state index is 5.71. The molecule has 3 N–H and O–H groups in total. The molecule has 1 rings (SSSR count). The number of nitrogens with two attached hydrogens (primary N) is 1. The first-order chi connectivity index (χ1) is 7.77. The van der Waals surface area contributed by atoms with Gasteiger partial charge in [0.15, 0.2) is 0 Å². The van der Waals surface area contributed by atoms with Crippen LogP contribution in [0.3, 0.4) is 0 Å². The summed E-state index contributed by atoms with van der Waals surface area (Å²) in [6, 6.07) is 0.769. The second-order valence-electron chi connectivity index (χ2n) is 7.48. The van der Waals surface area contributed by atoms with Gasteiger partial charge in [0.25, 0.3) is 0 Å². The average molecular weight is 240 g/mol. The molecule has 0 aliphatic heterocycles. The molecule has 2 unspecified atom stereocenters. The molecule has 17 heavy (non-hydrogen) atoms. The quantitative estimate of drug-likeness (QED) is 0.671. The zero-order chi connectivity index (χ0) is 13.1. The Labute approximate surface area is 108 Å². The van der Waals surface area contributed by atoms with Crippen LogP contribution in [-0.4, -0.2) is 19.1 Å². The Bertz CT molecular complexity index is 228. The van der Waals surface area contributed by atoms with Gasteiger partial charge in [-0.25, -0.2) is 0 Å². The molecule has 1 aliphatic carbocycles. The molecule has 1 fully saturated rings. The standard InChI is InChI=1S/C15H32N2/c1-14(2,3)12(8-9-16)7-6-10-17-13-11-15(13,4)5/h12-13,17H,6-11,16H2,1-5H3. The Morgan fingerprint density at radius 3 is 2.29 bits per heavy atom. The van der Waals surface area contributed by atoms with E-state index in [-0.39, 0.29) is 0 Å². The summed E-state index contributed by atoms with van der Waals surface area (Å²) < 4.78 is 0. The summed E-state index contributed by atoms with van der Waals surface area (Å²) >= 11 is 0. The maximum Gasteiger partial charge on any atom is 0.0124 e. The van der Waals surface area contributed by atoms with Gasteiger partial charge in [0.05, 0.1) is 0 Å². The third-order valence-corrected chi connectivity index (χ3v) is 4.37. The van der Waals surface area contributed by atoms with Gasteiger partial charge in [-0.2, -0.15) is 0 Å². The molecule has 1 saturated carbocycles. The van der Waals surface area contributed by atoms with Crippen LogP contribution in [0.1, 0.15) is 60.3 Å². The third kappa shape index (κ3) is 4.97. The zero-order valence-corrected chi connectivity index (χ0v) is 12.5. The molecule has 0 aromatic carbocycles. The maximum atomic E-state index is 5.71. The van der Waals surface area contributed by atoms with Crippen molar-refractivity contribution in [2.75, 3.05) is 13.1 Å². The summed E-state index contributed by atoms with van der Waals surface area (Å²) in [5.74, 6) is 0.765. The molecule has 102 valence electrons. The van der Waals surface area contributed by atoms with Crippen LogP contribution in [-0.2, 0) is 0 Å². The highest BCUT2D eigenvalue weighted by Crippen LogP contribution is 2.44. The minimum absolute atomic E-state index is 0.401. The molecule has 0 amide bonds. The average Bonchev–Trinajstić information content (AvgIpc) is 2.77. The Morgan fingerprint density at radius 2 is 1.88 bits per heavy atom.